The molecule has 0 saturated heterocycles. The van der Waals surface area contributed by atoms with E-state index in [0.717, 1.165) is 19.3 Å². The Balaban J connectivity index is 2.40. The van der Waals surface area contributed by atoms with Crippen molar-refractivity contribution >= 4 is 29.0 Å². The average Bonchev–Trinajstić information content (AvgIpc) is 2.67. The largest absolute Gasteiger partial charge is 0.392 e. The first-order valence-electron chi connectivity index (χ1n) is 6.32. The van der Waals surface area contributed by atoms with Gasteiger partial charge in [-0.15, -0.1) is 0 Å². The van der Waals surface area contributed by atoms with Crippen LogP contribution in [0.5, 0.6) is 0 Å². The summed E-state index contributed by atoms with van der Waals surface area (Å²) in [6.07, 6.45) is 3.16. The van der Waals surface area contributed by atoms with E-state index in [1.54, 1.807) is 0 Å². The van der Waals surface area contributed by atoms with Crippen LogP contribution in [0.2, 0.25) is 0 Å². The van der Waals surface area contributed by atoms with Gasteiger partial charge in [-0.25, -0.2) is 0 Å². The molecule has 0 aromatic rings. The highest BCUT2D eigenvalue weighted by Gasteiger charge is 2.33. The van der Waals surface area contributed by atoms with Crippen molar-refractivity contribution in [2.75, 3.05) is 6.54 Å². The number of carbonyl (C=O) groups is 2. The molecule has 1 saturated carbocycles. The van der Waals surface area contributed by atoms with E-state index < -0.39 is 11.8 Å². The third-order valence-electron chi connectivity index (χ3n) is 3.70. The molecule has 6 heteroatoms. The van der Waals surface area contributed by atoms with Gasteiger partial charge in [0.1, 0.15) is 0 Å². The molecule has 102 valence electrons. The molecular formula is C12H21N3O2S. The number of hydrogen-bond donors (Lipinski definition) is 3. The number of hydrogen-bond acceptors (Lipinski definition) is 3. The molecule has 1 fully saturated rings. The number of thiocarbonyl (C=S) groups is 1. The first-order valence-corrected chi connectivity index (χ1v) is 6.73. The molecule has 3 unspecified atom stereocenters. The normalized spacial score (nSPS) is 26.7. The van der Waals surface area contributed by atoms with Crippen molar-refractivity contribution in [1.29, 1.82) is 0 Å². The second-order valence-electron chi connectivity index (χ2n) is 4.83. The van der Waals surface area contributed by atoms with E-state index in [0.29, 0.717) is 11.8 Å². The van der Waals surface area contributed by atoms with E-state index in [2.05, 4.69) is 36.7 Å². The number of nitrogens with one attached hydrogen (secondary N) is 2. The first kappa shape index (κ1) is 14.9. The van der Waals surface area contributed by atoms with Crippen LogP contribution < -0.4 is 16.4 Å². The SMILES string of the molecule is CCC1CCC(NC(=O)C(=O)NCC(N)=S)C1C. The van der Waals surface area contributed by atoms with Crippen molar-refractivity contribution in [1.82, 2.24) is 10.6 Å². The lowest BCUT2D eigenvalue weighted by Crippen LogP contribution is -2.47. The van der Waals surface area contributed by atoms with Crippen LogP contribution in [0.25, 0.3) is 0 Å². The maximum atomic E-state index is 11.6. The molecule has 4 N–H and O–H groups in total. The molecule has 1 rings (SSSR count). The van der Waals surface area contributed by atoms with Crippen LogP contribution in [0.15, 0.2) is 0 Å². The van der Waals surface area contributed by atoms with Gasteiger partial charge < -0.3 is 16.4 Å². The minimum Gasteiger partial charge on any atom is -0.392 e. The molecule has 0 heterocycles. The zero-order valence-electron chi connectivity index (χ0n) is 10.9. The average molecular weight is 271 g/mol. The number of carbonyl (C=O) groups excluding carboxylic acids is 2. The van der Waals surface area contributed by atoms with Crippen LogP contribution in [-0.2, 0) is 9.59 Å². The van der Waals surface area contributed by atoms with Crippen molar-refractivity contribution < 1.29 is 9.59 Å². The Labute approximate surface area is 113 Å². The minimum atomic E-state index is -0.671. The van der Waals surface area contributed by atoms with Crippen molar-refractivity contribution in [2.24, 2.45) is 17.6 Å². The lowest BCUT2D eigenvalue weighted by molar-refractivity contribution is -0.139. The van der Waals surface area contributed by atoms with Gasteiger partial charge >= 0.3 is 11.8 Å². The molecule has 1 aliphatic rings. The Morgan fingerprint density at radius 3 is 2.50 bits per heavy atom. The molecule has 0 bridgehead atoms. The van der Waals surface area contributed by atoms with Gasteiger partial charge in [-0.05, 0) is 24.7 Å². The van der Waals surface area contributed by atoms with Gasteiger partial charge in [-0.3, -0.25) is 9.59 Å². The third-order valence-corrected chi connectivity index (χ3v) is 3.84. The second-order valence-corrected chi connectivity index (χ2v) is 5.36. The maximum Gasteiger partial charge on any atom is 0.309 e. The predicted molar refractivity (Wildman–Crippen MR) is 73.9 cm³/mol. The predicted octanol–water partition coefficient (Wildman–Crippen LogP) is 0.330. The summed E-state index contributed by atoms with van der Waals surface area (Å²) in [6, 6.07) is 0.0954. The van der Waals surface area contributed by atoms with Gasteiger partial charge in [-0.2, -0.15) is 0 Å². The lowest BCUT2D eigenvalue weighted by atomic mass is 9.93. The Morgan fingerprint density at radius 2 is 2.00 bits per heavy atom. The molecular weight excluding hydrogens is 250 g/mol. The van der Waals surface area contributed by atoms with Crippen LogP contribution in [0, 0.1) is 11.8 Å². The molecule has 0 spiro atoms. The summed E-state index contributed by atoms with van der Waals surface area (Å²) in [5.74, 6) is -0.216. The highest BCUT2D eigenvalue weighted by molar-refractivity contribution is 7.80. The molecule has 18 heavy (non-hydrogen) atoms. The van der Waals surface area contributed by atoms with E-state index in [-0.39, 0.29) is 17.6 Å². The summed E-state index contributed by atoms with van der Waals surface area (Å²) in [6.45, 7) is 4.33. The fraction of sp³-hybridized carbons (Fsp3) is 0.750. The van der Waals surface area contributed by atoms with Crippen LogP contribution in [0.4, 0.5) is 0 Å². The van der Waals surface area contributed by atoms with E-state index in [1.165, 1.54) is 0 Å². The van der Waals surface area contributed by atoms with Gasteiger partial charge in [0, 0.05) is 6.04 Å². The summed E-state index contributed by atoms with van der Waals surface area (Å²) < 4.78 is 0. The third kappa shape index (κ3) is 3.94. The minimum absolute atomic E-state index is 0.0550. The van der Waals surface area contributed by atoms with E-state index in [4.69, 9.17) is 5.73 Å². The first-order chi connectivity index (χ1) is 8.45. The van der Waals surface area contributed by atoms with Gasteiger partial charge in [0.05, 0.1) is 11.5 Å². The van der Waals surface area contributed by atoms with Gasteiger partial charge in [0.25, 0.3) is 0 Å². The zero-order chi connectivity index (χ0) is 13.7. The van der Waals surface area contributed by atoms with Crippen LogP contribution >= 0.6 is 12.2 Å². The van der Waals surface area contributed by atoms with Gasteiger partial charge in [-0.1, -0.05) is 32.5 Å². The Kier molecular flexibility index (Phi) is 5.53. The number of nitrogens with two attached hydrogens (primary N) is 1. The summed E-state index contributed by atoms with van der Waals surface area (Å²) in [5.41, 5.74) is 5.25. The summed E-state index contributed by atoms with van der Waals surface area (Å²) in [4.78, 5) is 23.3. The summed E-state index contributed by atoms with van der Waals surface area (Å²) >= 11 is 4.63. The molecule has 0 aromatic heterocycles. The van der Waals surface area contributed by atoms with Crippen molar-refractivity contribution in [2.45, 2.75) is 39.2 Å². The topological polar surface area (TPSA) is 84.2 Å². The molecule has 0 aliphatic heterocycles. The monoisotopic (exact) mass is 271 g/mol. The van der Waals surface area contributed by atoms with E-state index in [1.807, 2.05) is 0 Å². The number of rotatable bonds is 4. The molecule has 0 radical (unpaired) electrons. The molecule has 2 amide bonds. The van der Waals surface area contributed by atoms with Crippen LogP contribution in [-0.4, -0.2) is 29.4 Å². The Hall–Kier alpha value is -1.17. The van der Waals surface area contributed by atoms with Crippen LogP contribution in [0.1, 0.15) is 33.1 Å². The fourth-order valence-electron chi connectivity index (χ4n) is 2.51. The Morgan fingerprint density at radius 1 is 1.33 bits per heavy atom. The van der Waals surface area contributed by atoms with E-state index >= 15 is 0 Å². The van der Waals surface area contributed by atoms with Crippen LogP contribution in [0.3, 0.4) is 0 Å². The standard InChI is InChI=1S/C12H21N3O2S/c1-3-8-4-5-9(7(8)2)15-12(17)11(16)14-6-10(13)18/h7-9H,3-6H2,1-2H3,(H2,13,18)(H,14,16)(H,15,17). The maximum absolute atomic E-state index is 11.6. The lowest BCUT2D eigenvalue weighted by Gasteiger charge is -2.20. The number of amides is 2. The highest BCUT2D eigenvalue weighted by atomic mass is 32.1. The zero-order valence-corrected chi connectivity index (χ0v) is 11.7. The van der Waals surface area contributed by atoms with Crippen molar-refractivity contribution in [3.8, 4) is 0 Å². The summed E-state index contributed by atoms with van der Waals surface area (Å²) in [5, 5.41) is 5.16. The highest BCUT2D eigenvalue weighted by Crippen LogP contribution is 2.33. The molecule has 0 aromatic carbocycles. The quantitative estimate of drug-likeness (QED) is 0.508. The van der Waals surface area contributed by atoms with E-state index in [9.17, 15) is 9.59 Å². The molecule has 1 aliphatic carbocycles. The smallest absolute Gasteiger partial charge is 0.309 e. The van der Waals surface area contributed by atoms with Gasteiger partial charge in [0.15, 0.2) is 0 Å². The Bertz CT molecular complexity index is 346. The second kappa shape index (κ2) is 6.68. The van der Waals surface area contributed by atoms with Crippen molar-refractivity contribution in [3.63, 3.8) is 0 Å². The van der Waals surface area contributed by atoms with Crippen molar-refractivity contribution in [3.05, 3.63) is 0 Å². The fourth-order valence-corrected chi connectivity index (χ4v) is 2.58. The van der Waals surface area contributed by atoms with Gasteiger partial charge in [0.2, 0.25) is 0 Å². The molecule has 5 nitrogen and oxygen atoms in total. The molecule has 3 atom stereocenters. The summed E-state index contributed by atoms with van der Waals surface area (Å²) in [7, 11) is 0.